The molecule has 0 saturated carbocycles. The van der Waals surface area contributed by atoms with Crippen molar-refractivity contribution in [3.63, 3.8) is 0 Å². The lowest BCUT2D eigenvalue weighted by atomic mass is 10.1. The maximum atomic E-state index is 9.53. The van der Waals surface area contributed by atoms with E-state index in [0.717, 1.165) is 29.8 Å². The summed E-state index contributed by atoms with van der Waals surface area (Å²) in [7, 11) is 0. The van der Waals surface area contributed by atoms with E-state index in [4.69, 9.17) is 5.73 Å². The van der Waals surface area contributed by atoms with E-state index in [2.05, 4.69) is 33.4 Å². The van der Waals surface area contributed by atoms with Crippen LogP contribution in [0.4, 0.5) is 11.6 Å². The van der Waals surface area contributed by atoms with Crippen molar-refractivity contribution >= 4 is 17.3 Å². The number of rotatable bonds is 5. The Morgan fingerprint density at radius 2 is 2.20 bits per heavy atom. The molecular weight excluding hydrogens is 314 g/mol. The van der Waals surface area contributed by atoms with Crippen LogP contribution >= 0.6 is 0 Å². The molecule has 0 aliphatic rings. The van der Waals surface area contributed by atoms with Gasteiger partial charge in [-0.2, -0.15) is 14.9 Å². The van der Waals surface area contributed by atoms with Gasteiger partial charge < -0.3 is 11.1 Å². The van der Waals surface area contributed by atoms with E-state index in [1.165, 1.54) is 0 Å². The molecule has 128 valence electrons. The second kappa shape index (κ2) is 6.77. The predicted octanol–water partition coefficient (Wildman–Crippen LogP) is 2.49. The Labute approximate surface area is 146 Å². The number of aryl methyl sites for hydroxylation is 2. The first-order chi connectivity index (χ1) is 12.0. The SMILES string of the molecule is CCc1c(C)nn2c(N)c(C#N)c(N[C@@H](C)Cc3ccccn3)nc12. The van der Waals surface area contributed by atoms with Crippen LogP contribution in [0.3, 0.4) is 0 Å². The molecule has 3 rings (SSSR count). The zero-order valence-corrected chi connectivity index (χ0v) is 14.6. The van der Waals surface area contributed by atoms with Crippen LogP contribution in [-0.2, 0) is 12.8 Å². The van der Waals surface area contributed by atoms with Crippen LogP contribution in [0.1, 0.15) is 36.4 Å². The molecule has 0 aromatic carbocycles. The molecule has 3 aromatic heterocycles. The number of fused-ring (bicyclic) bond motifs is 1. The normalized spacial score (nSPS) is 12.1. The van der Waals surface area contributed by atoms with Gasteiger partial charge in [0.2, 0.25) is 0 Å². The van der Waals surface area contributed by atoms with Gasteiger partial charge in [0.05, 0.1) is 5.69 Å². The number of pyridine rings is 1. The van der Waals surface area contributed by atoms with Crippen molar-refractivity contribution in [2.24, 2.45) is 0 Å². The van der Waals surface area contributed by atoms with Gasteiger partial charge in [0.15, 0.2) is 11.5 Å². The van der Waals surface area contributed by atoms with Gasteiger partial charge in [0.25, 0.3) is 0 Å². The van der Waals surface area contributed by atoms with Gasteiger partial charge >= 0.3 is 0 Å². The summed E-state index contributed by atoms with van der Waals surface area (Å²) in [5, 5.41) is 17.3. The van der Waals surface area contributed by atoms with Gasteiger partial charge in [-0.3, -0.25) is 4.98 Å². The Morgan fingerprint density at radius 3 is 2.84 bits per heavy atom. The van der Waals surface area contributed by atoms with Crippen LogP contribution in [-0.4, -0.2) is 25.6 Å². The van der Waals surface area contributed by atoms with Gasteiger partial charge in [-0.05, 0) is 32.4 Å². The minimum atomic E-state index is 0.0467. The number of nitriles is 1. The summed E-state index contributed by atoms with van der Waals surface area (Å²) in [6.45, 7) is 6.01. The van der Waals surface area contributed by atoms with E-state index in [1.807, 2.05) is 32.0 Å². The van der Waals surface area contributed by atoms with Crippen molar-refractivity contribution in [1.82, 2.24) is 19.6 Å². The molecular formula is C18H21N7. The Balaban J connectivity index is 1.99. The quantitative estimate of drug-likeness (QED) is 0.742. The number of nitrogens with one attached hydrogen (secondary N) is 1. The molecule has 0 radical (unpaired) electrons. The number of nitrogens with two attached hydrogens (primary N) is 1. The number of nitrogen functional groups attached to an aromatic ring is 1. The molecule has 25 heavy (non-hydrogen) atoms. The van der Waals surface area contributed by atoms with Gasteiger partial charge in [-0.1, -0.05) is 13.0 Å². The highest BCUT2D eigenvalue weighted by molar-refractivity contribution is 5.69. The summed E-state index contributed by atoms with van der Waals surface area (Å²) >= 11 is 0. The minimum Gasteiger partial charge on any atom is -0.382 e. The van der Waals surface area contributed by atoms with E-state index >= 15 is 0 Å². The average Bonchev–Trinajstić information content (AvgIpc) is 2.91. The first-order valence-electron chi connectivity index (χ1n) is 8.29. The van der Waals surface area contributed by atoms with Crippen LogP contribution in [0.15, 0.2) is 24.4 Å². The third-order valence-electron chi connectivity index (χ3n) is 4.19. The number of hydrogen-bond donors (Lipinski definition) is 2. The Hall–Kier alpha value is -3.14. The predicted molar refractivity (Wildman–Crippen MR) is 97.3 cm³/mol. The molecule has 1 atom stereocenters. The smallest absolute Gasteiger partial charge is 0.163 e. The molecule has 0 unspecified atom stereocenters. The van der Waals surface area contributed by atoms with Gasteiger partial charge in [-0.25, -0.2) is 4.98 Å². The van der Waals surface area contributed by atoms with Crippen molar-refractivity contribution in [3.8, 4) is 6.07 Å². The highest BCUT2D eigenvalue weighted by Crippen LogP contribution is 2.25. The molecule has 0 fully saturated rings. The zero-order chi connectivity index (χ0) is 18.0. The van der Waals surface area contributed by atoms with Crippen molar-refractivity contribution in [1.29, 1.82) is 5.26 Å². The van der Waals surface area contributed by atoms with E-state index in [0.29, 0.717) is 22.8 Å². The van der Waals surface area contributed by atoms with Crippen LogP contribution in [0, 0.1) is 18.3 Å². The molecule has 0 bridgehead atoms. The minimum absolute atomic E-state index is 0.0467. The Kier molecular flexibility index (Phi) is 4.52. The number of hydrogen-bond acceptors (Lipinski definition) is 6. The molecule has 7 nitrogen and oxygen atoms in total. The van der Waals surface area contributed by atoms with Crippen molar-refractivity contribution in [2.45, 2.75) is 39.7 Å². The topological polar surface area (TPSA) is 105 Å². The van der Waals surface area contributed by atoms with Gasteiger partial charge in [-0.15, -0.1) is 0 Å². The molecule has 0 aliphatic carbocycles. The van der Waals surface area contributed by atoms with Crippen LogP contribution in [0.2, 0.25) is 0 Å². The first kappa shape index (κ1) is 16.7. The molecule has 3 heterocycles. The highest BCUT2D eigenvalue weighted by Gasteiger charge is 2.19. The largest absolute Gasteiger partial charge is 0.382 e. The fourth-order valence-corrected chi connectivity index (χ4v) is 2.96. The molecule has 0 aliphatic heterocycles. The highest BCUT2D eigenvalue weighted by atomic mass is 15.3. The molecule has 3 aromatic rings. The van der Waals surface area contributed by atoms with Crippen LogP contribution in [0.25, 0.3) is 5.65 Å². The third-order valence-corrected chi connectivity index (χ3v) is 4.19. The first-order valence-corrected chi connectivity index (χ1v) is 8.29. The maximum Gasteiger partial charge on any atom is 0.163 e. The zero-order valence-electron chi connectivity index (χ0n) is 14.6. The summed E-state index contributed by atoms with van der Waals surface area (Å²) < 4.78 is 1.56. The standard InChI is InChI=1S/C18H21N7/c1-4-14-12(3)24-25-16(20)15(10-19)17(23-18(14)25)22-11(2)9-13-7-5-6-8-21-13/h5-8,11H,4,9,20H2,1-3H3,(H,22,23)/t11-/m0/s1. The number of anilines is 2. The number of nitrogens with zero attached hydrogens (tertiary/aromatic N) is 5. The molecule has 3 N–H and O–H groups in total. The fraction of sp³-hybridized carbons (Fsp3) is 0.333. The van der Waals surface area contributed by atoms with Crippen molar-refractivity contribution < 1.29 is 0 Å². The third kappa shape index (κ3) is 3.11. The summed E-state index contributed by atoms with van der Waals surface area (Å²) in [5.74, 6) is 0.799. The van der Waals surface area contributed by atoms with Gasteiger partial charge in [0, 0.05) is 29.9 Å². The maximum absolute atomic E-state index is 9.53. The summed E-state index contributed by atoms with van der Waals surface area (Å²) in [6.07, 6.45) is 3.29. The van der Waals surface area contributed by atoms with Crippen molar-refractivity contribution in [3.05, 3.63) is 46.9 Å². The molecule has 0 amide bonds. The van der Waals surface area contributed by atoms with E-state index in [1.54, 1.807) is 10.7 Å². The number of aromatic nitrogens is 4. The molecule has 7 heteroatoms. The lowest BCUT2D eigenvalue weighted by Crippen LogP contribution is -2.21. The lowest BCUT2D eigenvalue weighted by molar-refractivity contribution is 0.764. The second-order valence-electron chi connectivity index (χ2n) is 6.06. The summed E-state index contributed by atoms with van der Waals surface area (Å²) in [6, 6.07) is 8.02. The van der Waals surface area contributed by atoms with E-state index in [9.17, 15) is 5.26 Å². The van der Waals surface area contributed by atoms with E-state index < -0.39 is 0 Å². The Morgan fingerprint density at radius 1 is 1.40 bits per heavy atom. The summed E-state index contributed by atoms with van der Waals surface area (Å²) in [5.41, 5.74) is 10.1. The second-order valence-corrected chi connectivity index (χ2v) is 6.06. The lowest BCUT2D eigenvalue weighted by Gasteiger charge is -2.16. The molecule has 0 spiro atoms. The fourth-order valence-electron chi connectivity index (χ4n) is 2.96. The van der Waals surface area contributed by atoms with Crippen molar-refractivity contribution in [2.75, 3.05) is 11.1 Å². The monoisotopic (exact) mass is 335 g/mol. The van der Waals surface area contributed by atoms with Gasteiger partial charge in [0.1, 0.15) is 17.5 Å². The Bertz CT molecular complexity index is 938. The molecule has 0 saturated heterocycles. The average molecular weight is 335 g/mol. The summed E-state index contributed by atoms with van der Waals surface area (Å²) in [4.78, 5) is 8.98. The van der Waals surface area contributed by atoms with Crippen LogP contribution in [0.5, 0.6) is 0 Å². The van der Waals surface area contributed by atoms with Crippen LogP contribution < -0.4 is 11.1 Å². The van der Waals surface area contributed by atoms with E-state index in [-0.39, 0.29) is 6.04 Å².